The van der Waals surface area contributed by atoms with Crippen LogP contribution in [0.5, 0.6) is 5.75 Å². The standard InChI is InChI=1S/C16H21N3O3/c1-3-12-14(16(20)18-8-10-21-11-9-18)19-7-5-6-13(22-4-2)15(19)17-12/h5-7H,3-4,8-11H2,1-2H3. The van der Waals surface area contributed by atoms with Crippen LogP contribution < -0.4 is 4.74 Å². The number of amides is 1. The summed E-state index contributed by atoms with van der Waals surface area (Å²) in [6, 6.07) is 3.77. The molecule has 0 aliphatic carbocycles. The predicted molar refractivity (Wildman–Crippen MR) is 82.5 cm³/mol. The molecule has 1 fully saturated rings. The molecule has 0 aromatic carbocycles. The topological polar surface area (TPSA) is 56.1 Å². The van der Waals surface area contributed by atoms with Crippen molar-refractivity contribution in [2.24, 2.45) is 0 Å². The van der Waals surface area contributed by atoms with Crippen molar-refractivity contribution in [2.75, 3.05) is 32.9 Å². The molecule has 3 heterocycles. The molecule has 0 spiro atoms. The van der Waals surface area contributed by atoms with Crippen molar-refractivity contribution in [1.29, 1.82) is 0 Å². The van der Waals surface area contributed by atoms with Crippen LogP contribution in [0.15, 0.2) is 18.3 Å². The third kappa shape index (κ3) is 2.54. The molecule has 0 unspecified atom stereocenters. The summed E-state index contributed by atoms with van der Waals surface area (Å²) in [6.07, 6.45) is 2.58. The zero-order chi connectivity index (χ0) is 15.5. The molecule has 1 amide bonds. The van der Waals surface area contributed by atoms with Crippen LogP contribution in [0, 0.1) is 0 Å². The summed E-state index contributed by atoms with van der Waals surface area (Å²) in [5.41, 5.74) is 2.16. The number of ether oxygens (including phenoxy) is 2. The Labute approximate surface area is 129 Å². The van der Waals surface area contributed by atoms with Gasteiger partial charge in [-0.2, -0.15) is 0 Å². The molecule has 0 bridgehead atoms. The molecule has 3 rings (SSSR count). The number of aryl methyl sites for hydroxylation is 1. The number of imidazole rings is 1. The number of morpholine rings is 1. The molecule has 6 nitrogen and oxygen atoms in total. The Morgan fingerprint density at radius 2 is 2.14 bits per heavy atom. The molecule has 22 heavy (non-hydrogen) atoms. The summed E-state index contributed by atoms with van der Waals surface area (Å²) in [4.78, 5) is 19.4. The minimum absolute atomic E-state index is 0.0151. The van der Waals surface area contributed by atoms with E-state index in [1.807, 2.05) is 41.5 Å². The molecule has 0 radical (unpaired) electrons. The van der Waals surface area contributed by atoms with E-state index >= 15 is 0 Å². The van der Waals surface area contributed by atoms with Crippen LogP contribution in [0.2, 0.25) is 0 Å². The highest BCUT2D eigenvalue weighted by Crippen LogP contribution is 2.24. The van der Waals surface area contributed by atoms with Crippen molar-refractivity contribution in [3.63, 3.8) is 0 Å². The fourth-order valence-corrected chi connectivity index (χ4v) is 2.75. The van der Waals surface area contributed by atoms with Crippen LogP contribution in [0.1, 0.15) is 30.0 Å². The Bertz CT molecular complexity index is 675. The third-order valence-electron chi connectivity index (χ3n) is 3.82. The molecule has 0 saturated carbocycles. The number of carbonyl (C=O) groups excluding carboxylic acids is 1. The van der Waals surface area contributed by atoms with Gasteiger partial charge >= 0.3 is 0 Å². The van der Waals surface area contributed by atoms with Crippen molar-refractivity contribution in [3.8, 4) is 5.75 Å². The maximum atomic E-state index is 12.9. The fourth-order valence-electron chi connectivity index (χ4n) is 2.75. The summed E-state index contributed by atoms with van der Waals surface area (Å²) in [6.45, 7) is 6.95. The SMILES string of the molecule is CCOc1cccn2c(C(=O)N3CCOCC3)c(CC)nc12. The van der Waals surface area contributed by atoms with Gasteiger partial charge in [0.25, 0.3) is 5.91 Å². The zero-order valence-corrected chi connectivity index (χ0v) is 13.0. The van der Waals surface area contributed by atoms with Gasteiger partial charge in [-0.1, -0.05) is 6.92 Å². The highest BCUT2D eigenvalue weighted by atomic mass is 16.5. The maximum Gasteiger partial charge on any atom is 0.272 e. The van der Waals surface area contributed by atoms with Gasteiger partial charge in [-0.25, -0.2) is 4.98 Å². The fraction of sp³-hybridized carbons (Fsp3) is 0.500. The Hall–Kier alpha value is -2.08. The van der Waals surface area contributed by atoms with Gasteiger partial charge in [0.1, 0.15) is 5.69 Å². The van der Waals surface area contributed by atoms with E-state index in [1.54, 1.807) is 0 Å². The van der Waals surface area contributed by atoms with Crippen molar-refractivity contribution in [1.82, 2.24) is 14.3 Å². The van der Waals surface area contributed by atoms with Gasteiger partial charge in [-0.05, 0) is 25.5 Å². The van der Waals surface area contributed by atoms with Crippen LogP contribution in [0.25, 0.3) is 5.65 Å². The summed E-state index contributed by atoms with van der Waals surface area (Å²) in [7, 11) is 0. The minimum Gasteiger partial charge on any atom is -0.490 e. The number of fused-ring (bicyclic) bond motifs is 1. The second-order valence-corrected chi connectivity index (χ2v) is 5.16. The number of hydrogen-bond acceptors (Lipinski definition) is 4. The van der Waals surface area contributed by atoms with Gasteiger partial charge in [0.15, 0.2) is 11.4 Å². The highest BCUT2D eigenvalue weighted by molar-refractivity contribution is 5.95. The third-order valence-corrected chi connectivity index (χ3v) is 3.82. The summed E-state index contributed by atoms with van der Waals surface area (Å²) in [5, 5.41) is 0. The Morgan fingerprint density at radius 3 is 2.82 bits per heavy atom. The largest absolute Gasteiger partial charge is 0.490 e. The van der Waals surface area contributed by atoms with Crippen molar-refractivity contribution in [3.05, 3.63) is 29.7 Å². The smallest absolute Gasteiger partial charge is 0.272 e. The van der Waals surface area contributed by atoms with E-state index in [2.05, 4.69) is 4.98 Å². The van der Waals surface area contributed by atoms with Crippen molar-refractivity contribution < 1.29 is 14.3 Å². The predicted octanol–water partition coefficient (Wildman–Crippen LogP) is 1.77. The summed E-state index contributed by atoms with van der Waals surface area (Å²) < 4.78 is 12.8. The lowest BCUT2D eigenvalue weighted by Crippen LogP contribution is -2.41. The number of carbonyl (C=O) groups is 1. The lowest BCUT2D eigenvalue weighted by atomic mass is 10.2. The van der Waals surface area contributed by atoms with E-state index in [1.165, 1.54) is 0 Å². The minimum atomic E-state index is 0.0151. The highest BCUT2D eigenvalue weighted by Gasteiger charge is 2.25. The normalized spacial score (nSPS) is 15.3. The second kappa shape index (κ2) is 6.36. The van der Waals surface area contributed by atoms with E-state index in [-0.39, 0.29) is 5.91 Å². The molecule has 2 aromatic heterocycles. The molecule has 6 heteroatoms. The number of pyridine rings is 1. The molecule has 1 aliphatic heterocycles. The van der Waals surface area contributed by atoms with E-state index in [0.29, 0.717) is 56.4 Å². The lowest BCUT2D eigenvalue weighted by molar-refractivity contribution is 0.0297. The average Bonchev–Trinajstić information content (AvgIpc) is 2.95. The van der Waals surface area contributed by atoms with Crippen molar-refractivity contribution >= 4 is 11.6 Å². The zero-order valence-electron chi connectivity index (χ0n) is 13.0. The van der Waals surface area contributed by atoms with Gasteiger partial charge in [-0.3, -0.25) is 9.20 Å². The van der Waals surface area contributed by atoms with Crippen LogP contribution in [0.4, 0.5) is 0 Å². The number of aromatic nitrogens is 2. The number of rotatable bonds is 4. The first-order valence-corrected chi connectivity index (χ1v) is 7.76. The van der Waals surface area contributed by atoms with Crippen LogP contribution in [0.3, 0.4) is 0 Å². The quantitative estimate of drug-likeness (QED) is 0.864. The first kappa shape index (κ1) is 14.8. The van der Waals surface area contributed by atoms with E-state index in [9.17, 15) is 4.79 Å². The lowest BCUT2D eigenvalue weighted by Gasteiger charge is -2.26. The molecular formula is C16H21N3O3. The Kier molecular flexibility index (Phi) is 4.29. The Morgan fingerprint density at radius 1 is 1.36 bits per heavy atom. The number of nitrogens with zero attached hydrogens (tertiary/aromatic N) is 3. The maximum absolute atomic E-state index is 12.9. The van der Waals surface area contributed by atoms with Crippen LogP contribution in [-0.2, 0) is 11.2 Å². The summed E-state index contributed by atoms with van der Waals surface area (Å²) >= 11 is 0. The van der Waals surface area contributed by atoms with E-state index < -0.39 is 0 Å². The first-order chi connectivity index (χ1) is 10.8. The molecule has 1 saturated heterocycles. The van der Waals surface area contributed by atoms with Gasteiger partial charge in [0.2, 0.25) is 0 Å². The van der Waals surface area contributed by atoms with E-state index in [0.717, 1.165) is 5.69 Å². The van der Waals surface area contributed by atoms with Gasteiger partial charge < -0.3 is 14.4 Å². The Balaban J connectivity index is 2.07. The molecular weight excluding hydrogens is 282 g/mol. The average molecular weight is 303 g/mol. The molecule has 2 aromatic rings. The molecule has 118 valence electrons. The monoisotopic (exact) mass is 303 g/mol. The molecule has 1 aliphatic rings. The second-order valence-electron chi connectivity index (χ2n) is 5.16. The summed E-state index contributed by atoms with van der Waals surface area (Å²) in [5.74, 6) is 0.724. The van der Waals surface area contributed by atoms with Gasteiger partial charge in [0, 0.05) is 19.3 Å². The van der Waals surface area contributed by atoms with E-state index in [4.69, 9.17) is 9.47 Å². The van der Waals surface area contributed by atoms with Gasteiger partial charge in [0.05, 0.1) is 25.5 Å². The number of hydrogen-bond donors (Lipinski definition) is 0. The molecule has 0 atom stereocenters. The van der Waals surface area contributed by atoms with Crippen molar-refractivity contribution in [2.45, 2.75) is 20.3 Å². The van der Waals surface area contributed by atoms with Gasteiger partial charge in [-0.15, -0.1) is 0 Å². The van der Waals surface area contributed by atoms with Crippen LogP contribution in [-0.4, -0.2) is 53.1 Å². The first-order valence-electron chi connectivity index (χ1n) is 7.76. The van der Waals surface area contributed by atoms with Crippen LogP contribution >= 0.6 is 0 Å². The molecule has 0 N–H and O–H groups in total.